The van der Waals surface area contributed by atoms with Gasteiger partial charge in [-0.1, -0.05) is 18.2 Å². The van der Waals surface area contributed by atoms with Gasteiger partial charge in [0.15, 0.2) is 5.16 Å². The molecule has 0 radical (unpaired) electrons. The van der Waals surface area contributed by atoms with E-state index in [0.717, 1.165) is 29.6 Å². The van der Waals surface area contributed by atoms with Crippen molar-refractivity contribution >= 4 is 45.0 Å². The minimum Gasteiger partial charge on any atom is -0.383 e. The number of carbonyl (C=O) groups is 1. The highest BCUT2D eigenvalue weighted by Gasteiger charge is 2.19. The summed E-state index contributed by atoms with van der Waals surface area (Å²) in [4.78, 5) is 25.4. The fourth-order valence-electron chi connectivity index (χ4n) is 3.01. The van der Waals surface area contributed by atoms with Crippen molar-refractivity contribution in [1.82, 2.24) is 20.2 Å². The van der Waals surface area contributed by atoms with Crippen molar-refractivity contribution in [3.8, 4) is 0 Å². The first-order valence-corrected chi connectivity index (χ1v) is 10.5. The fraction of sp³-hybridized carbons (Fsp3) is 0.588. The number of thioether (sulfide) groups is 1. The summed E-state index contributed by atoms with van der Waals surface area (Å²) < 4.78 is 0. The number of nitrogen functional groups attached to an aromatic ring is 1. The van der Waals surface area contributed by atoms with E-state index in [2.05, 4.69) is 15.3 Å². The Kier molecular flexibility index (Phi) is 6.14. The number of nitrogens with one attached hydrogen (secondary N) is 1. The topological polar surface area (TPSA) is 84.1 Å². The zero-order valence-electron chi connectivity index (χ0n) is 14.8. The van der Waals surface area contributed by atoms with Gasteiger partial charge in [0, 0.05) is 18.0 Å². The molecule has 0 fully saturated rings. The molecule has 8 heteroatoms. The van der Waals surface area contributed by atoms with Gasteiger partial charge < -0.3 is 16.0 Å². The van der Waals surface area contributed by atoms with Gasteiger partial charge in [-0.15, -0.1) is 11.3 Å². The Balaban J connectivity index is 1.68. The first-order chi connectivity index (χ1) is 12.0. The maximum absolute atomic E-state index is 11.9. The second-order valence-electron chi connectivity index (χ2n) is 6.58. The molecule has 3 rings (SSSR count). The molecule has 0 saturated heterocycles. The van der Waals surface area contributed by atoms with Gasteiger partial charge in [-0.05, 0) is 45.3 Å². The van der Waals surface area contributed by atoms with Gasteiger partial charge in [-0.25, -0.2) is 9.97 Å². The molecule has 3 N–H and O–H groups in total. The van der Waals surface area contributed by atoms with Crippen molar-refractivity contribution < 1.29 is 4.79 Å². The number of anilines is 1. The van der Waals surface area contributed by atoms with Crippen LogP contribution in [0.3, 0.4) is 0 Å². The van der Waals surface area contributed by atoms with E-state index in [0.29, 0.717) is 23.3 Å². The van der Waals surface area contributed by atoms with E-state index in [1.165, 1.54) is 41.5 Å². The Labute approximate surface area is 156 Å². The molecule has 1 aliphatic rings. The van der Waals surface area contributed by atoms with Crippen LogP contribution in [0.5, 0.6) is 0 Å². The molecule has 0 unspecified atom stereocenters. The van der Waals surface area contributed by atoms with Gasteiger partial charge in [-0.2, -0.15) is 0 Å². The summed E-state index contributed by atoms with van der Waals surface area (Å²) in [5.74, 6) is 0.861. The van der Waals surface area contributed by atoms with E-state index >= 15 is 0 Å². The van der Waals surface area contributed by atoms with Gasteiger partial charge >= 0.3 is 0 Å². The summed E-state index contributed by atoms with van der Waals surface area (Å²) >= 11 is 3.09. The molecule has 6 nitrogen and oxygen atoms in total. The number of nitrogens with two attached hydrogens (primary N) is 1. The van der Waals surface area contributed by atoms with Gasteiger partial charge in [0.25, 0.3) is 0 Å². The van der Waals surface area contributed by atoms with Crippen LogP contribution in [0.15, 0.2) is 5.16 Å². The third-order valence-electron chi connectivity index (χ3n) is 4.29. The third-order valence-corrected chi connectivity index (χ3v) is 6.32. The summed E-state index contributed by atoms with van der Waals surface area (Å²) in [6.45, 7) is 1.47. The van der Waals surface area contributed by atoms with Crippen molar-refractivity contribution in [2.24, 2.45) is 0 Å². The molecule has 2 heterocycles. The predicted octanol–water partition coefficient (Wildman–Crippen LogP) is 2.31. The van der Waals surface area contributed by atoms with Crippen LogP contribution in [-0.4, -0.2) is 53.7 Å². The summed E-state index contributed by atoms with van der Waals surface area (Å²) in [5.41, 5.74) is 7.59. The van der Waals surface area contributed by atoms with Crippen LogP contribution in [-0.2, 0) is 17.6 Å². The molecule has 2 aromatic heterocycles. The highest BCUT2D eigenvalue weighted by Crippen LogP contribution is 2.37. The van der Waals surface area contributed by atoms with E-state index in [1.807, 2.05) is 19.0 Å². The van der Waals surface area contributed by atoms with E-state index in [1.54, 1.807) is 11.3 Å². The largest absolute Gasteiger partial charge is 0.383 e. The van der Waals surface area contributed by atoms with Crippen LogP contribution in [0.1, 0.15) is 29.7 Å². The number of nitrogens with zero attached hydrogens (tertiary/aromatic N) is 3. The van der Waals surface area contributed by atoms with Crippen LogP contribution in [0.4, 0.5) is 5.82 Å². The SMILES string of the molecule is CN(C)CCNC(=O)CSc1nc(N)c2c3c(sc2n1)CCCCC3. The number of aromatic nitrogens is 2. The number of aryl methyl sites for hydroxylation is 2. The minimum atomic E-state index is -0.00363. The lowest BCUT2D eigenvalue weighted by Gasteiger charge is -2.10. The molecule has 0 aromatic carbocycles. The fourth-order valence-corrected chi connectivity index (χ4v) is 5.01. The maximum atomic E-state index is 11.9. The van der Waals surface area contributed by atoms with Crippen LogP contribution in [0.2, 0.25) is 0 Å². The number of hydrogen-bond acceptors (Lipinski definition) is 7. The lowest BCUT2D eigenvalue weighted by Crippen LogP contribution is -2.32. The Hall–Kier alpha value is -1.38. The minimum absolute atomic E-state index is 0.00363. The number of fused-ring (bicyclic) bond motifs is 3. The number of amides is 1. The molecular formula is C17H25N5OS2. The zero-order valence-corrected chi connectivity index (χ0v) is 16.4. The molecule has 0 spiro atoms. The summed E-state index contributed by atoms with van der Waals surface area (Å²) in [5, 5.41) is 4.53. The Morgan fingerprint density at radius 3 is 2.88 bits per heavy atom. The lowest BCUT2D eigenvalue weighted by molar-refractivity contribution is -0.118. The Morgan fingerprint density at radius 1 is 1.28 bits per heavy atom. The number of hydrogen-bond donors (Lipinski definition) is 2. The molecule has 0 atom stereocenters. The average Bonchev–Trinajstić information content (AvgIpc) is 2.75. The van der Waals surface area contributed by atoms with Crippen molar-refractivity contribution in [2.75, 3.05) is 38.7 Å². The number of rotatable bonds is 6. The van der Waals surface area contributed by atoms with Crippen molar-refractivity contribution in [2.45, 2.75) is 37.3 Å². The first kappa shape index (κ1) is 18.4. The summed E-state index contributed by atoms with van der Waals surface area (Å²) in [7, 11) is 3.96. The second kappa shape index (κ2) is 8.33. The maximum Gasteiger partial charge on any atom is 0.230 e. The summed E-state index contributed by atoms with van der Waals surface area (Å²) in [6, 6.07) is 0. The second-order valence-corrected chi connectivity index (χ2v) is 8.60. The quantitative estimate of drug-likeness (QED) is 0.455. The molecule has 0 aliphatic heterocycles. The highest BCUT2D eigenvalue weighted by atomic mass is 32.2. The number of likely N-dealkylation sites (N-methyl/N-ethyl adjacent to an activating group) is 1. The Morgan fingerprint density at radius 2 is 2.08 bits per heavy atom. The summed E-state index contributed by atoms with van der Waals surface area (Å²) in [6.07, 6.45) is 5.92. The third kappa shape index (κ3) is 4.62. The van der Waals surface area contributed by atoms with Crippen molar-refractivity contribution in [1.29, 1.82) is 0 Å². The monoisotopic (exact) mass is 379 g/mol. The van der Waals surface area contributed by atoms with E-state index < -0.39 is 0 Å². The zero-order chi connectivity index (χ0) is 17.8. The van der Waals surface area contributed by atoms with Crippen LogP contribution >= 0.6 is 23.1 Å². The van der Waals surface area contributed by atoms with Crippen LogP contribution in [0, 0.1) is 0 Å². The van der Waals surface area contributed by atoms with Gasteiger partial charge in [-0.3, -0.25) is 4.79 Å². The number of thiophene rings is 1. The van der Waals surface area contributed by atoms with Gasteiger partial charge in [0.1, 0.15) is 10.6 Å². The lowest BCUT2D eigenvalue weighted by atomic mass is 10.1. The molecule has 2 aromatic rings. The van der Waals surface area contributed by atoms with Crippen molar-refractivity contribution in [3.63, 3.8) is 0 Å². The van der Waals surface area contributed by atoms with Crippen LogP contribution < -0.4 is 11.1 Å². The van der Waals surface area contributed by atoms with Gasteiger partial charge in [0.2, 0.25) is 5.91 Å². The van der Waals surface area contributed by atoms with Crippen LogP contribution in [0.25, 0.3) is 10.2 Å². The smallest absolute Gasteiger partial charge is 0.230 e. The molecule has 1 amide bonds. The molecule has 0 bridgehead atoms. The normalized spacial score (nSPS) is 14.5. The van der Waals surface area contributed by atoms with E-state index in [9.17, 15) is 4.79 Å². The first-order valence-electron chi connectivity index (χ1n) is 8.66. The van der Waals surface area contributed by atoms with Gasteiger partial charge in [0.05, 0.1) is 11.1 Å². The molecule has 0 saturated carbocycles. The van der Waals surface area contributed by atoms with Crippen molar-refractivity contribution in [3.05, 3.63) is 10.4 Å². The average molecular weight is 380 g/mol. The van der Waals surface area contributed by atoms with E-state index in [4.69, 9.17) is 5.73 Å². The van der Waals surface area contributed by atoms with E-state index in [-0.39, 0.29) is 5.91 Å². The molecule has 136 valence electrons. The highest BCUT2D eigenvalue weighted by molar-refractivity contribution is 7.99. The Bertz CT molecular complexity index is 759. The molecular weight excluding hydrogens is 354 g/mol. The number of carbonyl (C=O) groups excluding carboxylic acids is 1. The standard InChI is InChI=1S/C17H25N5OS2/c1-22(2)9-8-19-13(23)10-24-17-20-15(18)14-11-6-4-3-5-7-12(11)25-16(14)21-17/h3-10H2,1-2H3,(H,19,23)(H2,18,20,21). The molecule has 1 aliphatic carbocycles. The predicted molar refractivity (Wildman–Crippen MR) is 105 cm³/mol. The molecule has 25 heavy (non-hydrogen) atoms.